The van der Waals surface area contributed by atoms with Gasteiger partial charge in [0, 0.05) is 0 Å². The van der Waals surface area contributed by atoms with Gasteiger partial charge in [0.25, 0.3) is 5.56 Å². The van der Waals surface area contributed by atoms with Crippen LogP contribution in [0.3, 0.4) is 0 Å². The lowest BCUT2D eigenvalue weighted by Crippen LogP contribution is -2.28. The molecule has 1 atom stereocenters. The molecule has 5 aromatic rings. The van der Waals surface area contributed by atoms with Crippen LogP contribution < -0.4 is 10.9 Å². The highest BCUT2D eigenvalue weighted by atomic mass is 32.2. The van der Waals surface area contributed by atoms with Crippen molar-refractivity contribution in [1.82, 2.24) is 24.5 Å². The van der Waals surface area contributed by atoms with E-state index in [0.29, 0.717) is 27.5 Å². The quantitative estimate of drug-likeness (QED) is 0.337. The van der Waals surface area contributed by atoms with Crippen LogP contribution in [0.5, 0.6) is 0 Å². The number of para-hydroxylation sites is 1. The number of amides is 1. The van der Waals surface area contributed by atoms with Gasteiger partial charge in [-0.3, -0.25) is 14.0 Å². The van der Waals surface area contributed by atoms with Gasteiger partial charge in [-0.2, -0.15) is 0 Å². The Bertz CT molecular complexity index is 1650. The lowest BCUT2D eigenvalue weighted by molar-refractivity contribution is -0.119. The van der Waals surface area contributed by atoms with Gasteiger partial charge in [0.2, 0.25) is 11.7 Å². The maximum Gasteiger partial charge on any atom is 0.267 e. The molecule has 0 spiro atoms. The summed E-state index contributed by atoms with van der Waals surface area (Å²) >= 11 is 1.30. The first-order valence-electron chi connectivity index (χ1n) is 11.8. The Morgan fingerprint density at radius 1 is 0.972 bits per heavy atom. The number of hydrogen-bond acceptors (Lipinski definition) is 5. The Balaban J connectivity index is 1.46. The fraction of sp³-hybridized carbons (Fsp3) is 0.214. The van der Waals surface area contributed by atoms with Crippen LogP contribution in [0, 0.1) is 20.8 Å². The lowest BCUT2D eigenvalue weighted by Gasteiger charge is -2.15. The summed E-state index contributed by atoms with van der Waals surface area (Å²) in [5, 5.41) is 12.9. The first-order chi connectivity index (χ1) is 17.3. The van der Waals surface area contributed by atoms with Gasteiger partial charge in [0.15, 0.2) is 5.16 Å². The molecular formula is C28H27N5O2S. The summed E-state index contributed by atoms with van der Waals surface area (Å²) in [5.74, 6) is 0.487. The summed E-state index contributed by atoms with van der Waals surface area (Å²) in [5.41, 5.74) is 5.85. The number of carbonyl (C=O) groups excluding carboxylic acids is 1. The highest BCUT2D eigenvalue weighted by molar-refractivity contribution is 7.99. The van der Waals surface area contributed by atoms with Crippen molar-refractivity contribution in [1.29, 1.82) is 0 Å². The van der Waals surface area contributed by atoms with Crippen LogP contribution in [0.2, 0.25) is 0 Å². The van der Waals surface area contributed by atoms with Gasteiger partial charge >= 0.3 is 0 Å². The molecule has 7 nitrogen and oxygen atoms in total. The molecule has 1 N–H and O–H groups in total. The molecule has 0 bridgehead atoms. The molecule has 3 aromatic carbocycles. The van der Waals surface area contributed by atoms with Crippen LogP contribution in [-0.4, -0.2) is 30.8 Å². The van der Waals surface area contributed by atoms with Crippen LogP contribution in [0.25, 0.3) is 22.4 Å². The second-order valence-electron chi connectivity index (χ2n) is 9.03. The standard InChI is InChI=1S/C28H27N5O2S/c1-17-9-13-22(14-10-17)32-26(35)23-7-5-6-8-24(23)33-27(32)30-31-28(33)36-16-25(34)29-20(4)21-12-11-18(2)19(3)15-21/h5-15,20H,16H2,1-4H3,(H,29,34). The van der Waals surface area contributed by atoms with E-state index in [-0.39, 0.29) is 23.3 Å². The normalized spacial score (nSPS) is 12.2. The monoisotopic (exact) mass is 497 g/mol. The Hall–Kier alpha value is -3.91. The van der Waals surface area contributed by atoms with Crippen LogP contribution in [0.4, 0.5) is 0 Å². The van der Waals surface area contributed by atoms with E-state index in [1.54, 1.807) is 10.6 Å². The van der Waals surface area contributed by atoms with E-state index in [0.717, 1.165) is 11.1 Å². The minimum Gasteiger partial charge on any atom is -0.349 e. The average molecular weight is 498 g/mol. The van der Waals surface area contributed by atoms with Crippen molar-refractivity contribution in [3.8, 4) is 5.69 Å². The largest absolute Gasteiger partial charge is 0.349 e. The maximum absolute atomic E-state index is 13.4. The number of carbonyl (C=O) groups is 1. The molecule has 8 heteroatoms. The van der Waals surface area contributed by atoms with E-state index in [1.807, 2.05) is 66.8 Å². The summed E-state index contributed by atoms with van der Waals surface area (Å²) in [6.45, 7) is 8.12. The molecular weight excluding hydrogens is 470 g/mol. The van der Waals surface area contributed by atoms with Gasteiger partial charge in [0.1, 0.15) is 0 Å². The first kappa shape index (κ1) is 23.8. The van der Waals surface area contributed by atoms with E-state index >= 15 is 0 Å². The van der Waals surface area contributed by atoms with Crippen molar-refractivity contribution in [2.45, 2.75) is 38.9 Å². The minimum absolute atomic E-state index is 0.0985. The van der Waals surface area contributed by atoms with Crippen molar-refractivity contribution >= 4 is 34.3 Å². The smallest absolute Gasteiger partial charge is 0.267 e. The summed E-state index contributed by atoms with van der Waals surface area (Å²) in [6, 6.07) is 21.2. The molecule has 0 fully saturated rings. The molecule has 0 aliphatic carbocycles. The summed E-state index contributed by atoms with van der Waals surface area (Å²) in [6.07, 6.45) is 0. The molecule has 0 radical (unpaired) electrons. The summed E-state index contributed by atoms with van der Waals surface area (Å²) in [7, 11) is 0. The van der Waals surface area contributed by atoms with Crippen molar-refractivity contribution < 1.29 is 4.79 Å². The Labute approximate surface area is 213 Å². The molecule has 2 aromatic heterocycles. The molecule has 5 rings (SSSR count). The van der Waals surface area contributed by atoms with E-state index in [1.165, 1.54) is 22.9 Å². The van der Waals surface area contributed by atoms with Crippen LogP contribution >= 0.6 is 11.8 Å². The fourth-order valence-electron chi connectivity index (χ4n) is 4.23. The highest BCUT2D eigenvalue weighted by Gasteiger charge is 2.19. The number of thioether (sulfide) groups is 1. The number of hydrogen-bond donors (Lipinski definition) is 1. The van der Waals surface area contributed by atoms with Crippen molar-refractivity contribution in [2.24, 2.45) is 0 Å². The highest BCUT2D eigenvalue weighted by Crippen LogP contribution is 2.24. The molecule has 1 unspecified atom stereocenters. The molecule has 0 saturated heterocycles. The zero-order chi connectivity index (χ0) is 25.4. The van der Waals surface area contributed by atoms with Crippen molar-refractivity contribution in [3.05, 3.63) is 99.3 Å². The Morgan fingerprint density at radius 3 is 2.47 bits per heavy atom. The van der Waals surface area contributed by atoms with E-state index in [4.69, 9.17) is 0 Å². The summed E-state index contributed by atoms with van der Waals surface area (Å²) in [4.78, 5) is 26.2. The first-order valence-corrected chi connectivity index (χ1v) is 12.8. The topological polar surface area (TPSA) is 81.3 Å². The zero-order valence-corrected chi connectivity index (χ0v) is 21.5. The fourth-order valence-corrected chi connectivity index (χ4v) is 4.98. The third kappa shape index (κ3) is 4.40. The second-order valence-corrected chi connectivity index (χ2v) is 9.98. The van der Waals surface area contributed by atoms with Gasteiger partial charge in [-0.25, -0.2) is 4.57 Å². The predicted octanol–water partition coefficient (Wildman–Crippen LogP) is 4.93. The molecule has 1 amide bonds. The number of nitrogens with one attached hydrogen (secondary N) is 1. The Kier molecular flexibility index (Phi) is 6.36. The Morgan fingerprint density at radius 2 is 1.72 bits per heavy atom. The SMILES string of the molecule is Cc1ccc(-n2c(=O)c3ccccc3n3c(SCC(=O)NC(C)c4ccc(C)c(C)c4)nnc23)cc1. The molecule has 182 valence electrons. The zero-order valence-electron chi connectivity index (χ0n) is 20.6. The second kappa shape index (κ2) is 9.62. The number of aromatic nitrogens is 4. The van der Waals surface area contributed by atoms with Gasteiger partial charge in [0.05, 0.1) is 28.4 Å². The van der Waals surface area contributed by atoms with Gasteiger partial charge in [-0.05, 0) is 68.7 Å². The predicted molar refractivity (Wildman–Crippen MR) is 144 cm³/mol. The van der Waals surface area contributed by atoms with Gasteiger partial charge in [-0.15, -0.1) is 10.2 Å². The summed E-state index contributed by atoms with van der Waals surface area (Å²) < 4.78 is 3.42. The molecule has 0 aliphatic rings. The van der Waals surface area contributed by atoms with Crippen molar-refractivity contribution in [2.75, 3.05) is 5.75 Å². The van der Waals surface area contributed by atoms with Crippen LogP contribution in [-0.2, 0) is 4.79 Å². The van der Waals surface area contributed by atoms with Crippen molar-refractivity contribution in [3.63, 3.8) is 0 Å². The number of benzene rings is 3. The molecule has 2 heterocycles. The molecule has 0 aliphatic heterocycles. The van der Waals surface area contributed by atoms with E-state index in [2.05, 4.69) is 41.5 Å². The number of fused-ring (bicyclic) bond motifs is 3. The van der Waals surface area contributed by atoms with E-state index in [9.17, 15) is 9.59 Å². The molecule has 0 saturated carbocycles. The molecule has 36 heavy (non-hydrogen) atoms. The lowest BCUT2D eigenvalue weighted by atomic mass is 10.0. The van der Waals surface area contributed by atoms with Crippen LogP contribution in [0.1, 0.15) is 35.2 Å². The average Bonchev–Trinajstić information content (AvgIpc) is 3.29. The number of nitrogens with zero attached hydrogens (tertiary/aromatic N) is 4. The number of rotatable bonds is 6. The third-order valence-electron chi connectivity index (χ3n) is 6.43. The van der Waals surface area contributed by atoms with Gasteiger partial charge in [-0.1, -0.05) is 59.8 Å². The minimum atomic E-state index is -0.161. The number of aryl methyl sites for hydroxylation is 3. The van der Waals surface area contributed by atoms with Gasteiger partial charge < -0.3 is 5.32 Å². The van der Waals surface area contributed by atoms with E-state index < -0.39 is 0 Å². The third-order valence-corrected chi connectivity index (χ3v) is 7.36. The van der Waals surface area contributed by atoms with Crippen LogP contribution in [0.15, 0.2) is 76.7 Å². The maximum atomic E-state index is 13.4.